The van der Waals surface area contributed by atoms with Gasteiger partial charge in [0.05, 0.1) is 29.8 Å². The first kappa shape index (κ1) is 17.6. The highest BCUT2D eigenvalue weighted by atomic mass is 16.3. The summed E-state index contributed by atoms with van der Waals surface area (Å²) < 4.78 is 1.82. The number of rotatable bonds is 6. The zero-order valence-electron chi connectivity index (χ0n) is 15.1. The van der Waals surface area contributed by atoms with E-state index in [1.807, 2.05) is 28.6 Å². The predicted molar refractivity (Wildman–Crippen MR) is 96.4 cm³/mol. The summed E-state index contributed by atoms with van der Waals surface area (Å²) in [5.41, 5.74) is 2.79. The van der Waals surface area contributed by atoms with Gasteiger partial charge in [0.1, 0.15) is 5.82 Å². The molecule has 2 aromatic heterocycles. The van der Waals surface area contributed by atoms with E-state index in [-0.39, 0.29) is 12.0 Å². The third-order valence-electron chi connectivity index (χ3n) is 4.76. The van der Waals surface area contributed by atoms with Crippen LogP contribution < -0.4 is 10.2 Å². The molecule has 0 saturated carbocycles. The van der Waals surface area contributed by atoms with Gasteiger partial charge in [0.25, 0.3) is 0 Å². The van der Waals surface area contributed by atoms with Crippen LogP contribution in [-0.4, -0.2) is 45.4 Å². The second-order valence-corrected chi connectivity index (χ2v) is 6.73. The number of hydrogen-bond acceptors (Lipinski definition) is 6. The lowest BCUT2D eigenvalue weighted by atomic mass is 10.1. The minimum atomic E-state index is -0.620. The highest BCUT2D eigenvalue weighted by Gasteiger charge is 2.33. The van der Waals surface area contributed by atoms with Gasteiger partial charge in [-0.25, -0.2) is 9.50 Å². The number of fused-ring (bicyclic) bond motifs is 1. The summed E-state index contributed by atoms with van der Waals surface area (Å²) in [7, 11) is 0. The van der Waals surface area contributed by atoms with Crippen LogP contribution in [0.25, 0.3) is 5.65 Å². The average Bonchev–Trinajstić information content (AvgIpc) is 3.16. The van der Waals surface area contributed by atoms with Gasteiger partial charge in [-0.3, -0.25) is 0 Å². The summed E-state index contributed by atoms with van der Waals surface area (Å²) in [4.78, 5) is 6.76. The summed E-state index contributed by atoms with van der Waals surface area (Å²) >= 11 is 0. The van der Waals surface area contributed by atoms with E-state index in [9.17, 15) is 5.11 Å². The van der Waals surface area contributed by atoms with Crippen LogP contribution in [0.1, 0.15) is 44.0 Å². The van der Waals surface area contributed by atoms with E-state index >= 15 is 0 Å². The number of anilines is 1. The van der Waals surface area contributed by atoms with Gasteiger partial charge in [-0.1, -0.05) is 20.3 Å². The Morgan fingerprint density at radius 1 is 1.44 bits per heavy atom. The van der Waals surface area contributed by atoms with Crippen molar-refractivity contribution in [3.05, 3.63) is 23.5 Å². The van der Waals surface area contributed by atoms with Crippen molar-refractivity contribution >= 4 is 11.5 Å². The summed E-state index contributed by atoms with van der Waals surface area (Å²) in [6.07, 6.45) is 3.48. The lowest BCUT2D eigenvalue weighted by Crippen LogP contribution is -2.23. The van der Waals surface area contributed by atoms with E-state index in [2.05, 4.69) is 25.2 Å². The highest BCUT2D eigenvalue weighted by molar-refractivity contribution is 5.54. The fourth-order valence-corrected chi connectivity index (χ4v) is 3.49. The summed E-state index contributed by atoms with van der Waals surface area (Å²) in [5, 5.41) is 27.3. The van der Waals surface area contributed by atoms with Crippen molar-refractivity contribution in [2.75, 3.05) is 24.5 Å². The summed E-state index contributed by atoms with van der Waals surface area (Å²) in [5.74, 6) is 0.465. The highest BCUT2D eigenvalue weighted by Crippen LogP contribution is 2.27. The fourth-order valence-electron chi connectivity index (χ4n) is 3.49. The minimum Gasteiger partial charge on any atom is -0.390 e. The largest absolute Gasteiger partial charge is 0.390 e. The minimum absolute atomic E-state index is 0.233. The number of nitriles is 1. The van der Waals surface area contributed by atoms with Crippen LogP contribution in [-0.2, 0) is 0 Å². The molecule has 0 aromatic carbocycles. The molecule has 3 atom stereocenters. The SMILES string of the molecule is CCCC(NCC)c1cc2nc(N3CC(O)C(C#N)C3)c(C)cn2n1. The fraction of sp³-hybridized carbons (Fsp3) is 0.611. The van der Waals surface area contributed by atoms with Crippen molar-refractivity contribution in [1.82, 2.24) is 19.9 Å². The molecule has 25 heavy (non-hydrogen) atoms. The molecule has 0 aliphatic carbocycles. The van der Waals surface area contributed by atoms with Gasteiger partial charge in [-0.15, -0.1) is 0 Å². The molecule has 1 aliphatic rings. The molecule has 3 unspecified atom stereocenters. The Kier molecular flexibility index (Phi) is 5.21. The van der Waals surface area contributed by atoms with Crippen LogP contribution >= 0.6 is 0 Å². The maximum Gasteiger partial charge on any atom is 0.157 e. The molecule has 3 rings (SSSR count). The Balaban J connectivity index is 1.92. The zero-order chi connectivity index (χ0) is 18.0. The van der Waals surface area contributed by atoms with Gasteiger partial charge >= 0.3 is 0 Å². The molecule has 2 N–H and O–H groups in total. The number of β-amino-alcohol motifs (C(OH)–C–C–N with tert-alkyl or cyclic N) is 1. The zero-order valence-corrected chi connectivity index (χ0v) is 15.1. The molecule has 0 bridgehead atoms. The number of hydrogen-bond donors (Lipinski definition) is 2. The smallest absolute Gasteiger partial charge is 0.157 e. The molecule has 1 fully saturated rings. The molecule has 1 aliphatic heterocycles. The molecule has 0 spiro atoms. The standard InChI is InChI=1S/C18H26N6O/c1-4-6-14(20-5-2)15-7-17-21-18(12(3)9-24(17)22-15)23-10-13(8-19)16(25)11-23/h7,9,13-14,16,20,25H,4-6,10-11H2,1-3H3. The van der Waals surface area contributed by atoms with E-state index in [0.717, 1.165) is 42.1 Å². The normalized spacial score (nSPS) is 21.6. The Morgan fingerprint density at radius 3 is 2.88 bits per heavy atom. The Labute approximate surface area is 148 Å². The Morgan fingerprint density at radius 2 is 2.24 bits per heavy atom. The molecule has 1 saturated heterocycles. The number of nitrogens with one attached hydrogen (secondary N) is 1. The molecule has 3 heterocycles. The van der Waals surface area contributed by atoms with Crippen molar-refractivity contribution < 1.29 is 5.11 Å². The molecular formula is C18H26N6O. The van der Waals surface area contributed by atoms with Crippen LogP contribution in [0, 0.1) is 24.2 Å². The average molecular weight is 342 g/mol. The predicted octanol–water partition coefficient (Wildman–Crippen LogP) is 1.81. The van der Waals surface area contributed by atoms with Crippen molar-refractivity contribution in [3.8, 4) is 6.07 Å². The van der Waals surface area contributed by atoms with E-state index in [4.69, 9.17) is 15.3 Å². The maximum atomic E-state index is 10.0. The third-order valence-corrected chi connectivity index (χ3v) is 4.76. The van der Waals surface area contributed by atoms with Crippen LogP contribution in [0.4, 0.5) is 5.82 Å². The molecule has 0 radical (unpaired) electrons. The summed E-state index contributed by atoms with van der Waals surface area (Å²) in [6, 6.07) is 4.43. The van der Waals surface area contributed by atoms with E-state index in [0.29, 0.717) is 13.1 Å². The van der Waals surface area contributed by atoms with E-state index in [1.54, 1.807) is 0 Å². The molecule has 2 aromatic rings. The first-order valence-electron chi connectivity index (χ1n) is 9.00. The van der Waals surface area contributed by atoms with Gasteiger partial charge in [0.2, 0.25) is 0 Å². The van der Waals surface area contributed by atoms with Crippen molar-refractivity contribution in [2.24, 2.45) is 5.92 Å². The third kappa shape index (κ3) is 3.46. The molecular weight excluding hydrogens is 316 g/mol. The molecule has 7 heteroatoms. The summed E-state index contributed by atoms with van der Waals surface area (Å²) in [6.45, 7) is 8.12. The lowest BCUT2D eigenvalue weighted by molar-refractivity contribution is 0.171. The number of aryl methyl sites for hydroxylation is 1. The maximum absolute atomic E-state index is 10.0. The Hall–Kier alpha value is -2.17. The van der Waals surface area contributed by atoms with Crippen LogP contribution in [0.5, 0.6) is 0 Å². The first-order valence-corrected chi connectivity index (χ1v) is 9.00. The Bertz CT molecular complexity index is 774. The van der Waals surface area contributed by atoms with Gasteiger partial charge < -0.3 is 15.3 Å². The quantitative estimate of drug-likeness (QED) is 0.832. The van der Waals surface area contributed by atoms with Gasteiger partial charge in [-0.2, -0.15) is 10.4 Å². The number of aliphatic hydroxyl groups excluding tert-OH is 1. The lowest BCUT2D eigenvalue weighted by Gasteiger charge is -2.18. The van der Waals surface area contributed by atoms with Crippen molar-refractivity contribution in [1.29, 1.82) is 5.26 Å². The van der Waals surface area contributed by atoms with Gasteiger partial charge in [0, 0.05) is 30.9 Å². The van der Waals surface area contributed by atoms with E-state index in [1.165, 1.54) is 0 Å². The van der Waals surface area contributed by atoms with Gasteiger partial charge in [-0.05, 0) is 19.9 Å². The van der Waals surface area contributed by atoms with Crippen molar-refractivity contribution in [3.63, 3.8) is 0 Å². The van der Waals surface area contributed by atoms with E-state index < -0.39 is 6.10 Å². The topological polar surface area (TPSA) is 89.5 Å². The molecule has 134 valence electrons. The second kappa shape index (κ2) is 7.38. The second-order valence-electron chi connectivity index (χ2n) is 6.73. The van der Waals surface area contributed by atoms with Gasteiger partial charge in [0.15, 0.2) is 5.65 Å². The van der Waals surface area contributed by atoms with Crippen LogP contribution in [0.2, 0.25) is 0 Å². The molecule has 7 nitrogen and oxygen atoms in total. The first-order chi connectivity index (χ1) is 12.1. The van der Waals surface area contributed by atoms with Crippen LogP contribution in [0.15, 0.2) is 12.3 Å². The van der Waals surface area contributed by atoms with Crippen molar-refractivity contribution in [2.45, 2.75) is 45.8 Å². The number of aromatic nitrogens is 3. The molecule has 0 amide bonds. The monoisotopic (exact) mass is 342 g/mol. The van der Waals surface area contributed by atoms with Crippen LogP contribution in [0.3, 0.4) is 0 Å². The number of aliphatic hydroxyl groups is 1. The number of nitrogens with zero attached hydrogens (tertiary/aromatic N) is 5.